The lowest BCUT2D eigenvalue weighted by molar-refractivity contribution is 0.102. The number of thioether (sulfide) groups is 1. The first kappa shape index (κ1) is 19.3. The first-order chi connectivity index (χ1) is 13.6. The summed E-state index contributed by atoms with van der Waals surface area (Å²) >= 11 is 8.11. The van der Waals surface area contributed by atoms with Gasteiger partial charge in [-0.1, -0.05) is 45.1 Å². The molecule has 0 saturated carbocycles. The third kappa shape index (κ3) is 4.35. The van der Waals surface area contributed by atoms with Crippen LogP contribution in [0.3, 0.4) is 0 Å². The van der Waals surface area contributed by atoms with Gasteiger partial charge in [0.05, 0.1) is 23.1 Å². The zero-order valence-electron chi connectivity index (χ0n) is 14.6. The van der Waals surface area contributed by atoms with E-state index in [1.165, 1.54) is 16.2 Å². The molecule has 6 nitrogen and oxygen atoms in total. The van der Waals surface area contributed by atoms with Gasteiger partial charge >= 0.3 is 0 Å². The average Bonchev–Trinajstić information content (AvgIpc) is 3.42. The topological polar surface area (TPSA) is 72.7 Å². The van der Waals surface area contributed by atoms with E-state index < -0.39 is 0 Å². The van der Waals surface area contributed by atoms with Crippen LogP contribution in [-0.4, -0.2) is 25.9 Å². The zero-order chi connectivity index (χ0) is 19.5. The highest BCUT2D eigenvalue weighted by atomic mass is 79.9. The van der Waals surface area contributed by atoms with Crippen LogP contribution in [0.25, 0.3) is 5.69 Å². The monoisotopic (exact) mass is 491 g/mol. The summed E-state index contributed by atoms with van der Waals surface area (Å²) in [5, 5.41) is 17.9. The summed E-state index contributed by atoms with van der Waals surface area (Å²) in [5.74, 6) is 0.603. The third-order valence-electron chi connectivity index (χ3n) is 3.87. The molecule has 10 heteroatoms. The molecular formula is C18H14BrN5OS3. The Hall–Kier alpha value is -2.01. The molecule has 0 radical (unpaired) electrons. The Bertz CT molecular complexity index is 1090. The number of carbonyl (C=O) groups is 1. The van der Waals surface area contributed by atoms with Crippen molar-refractivity contribution in [1.82, 2.24) is 20.0 Å². The summed E-state index contributed by atoms with van der Waals surface area (Å²) in [6.45, 7) is 1.87. The fraction of sp³-hybridized carbons (Fsp3) is 0.111. The third-order valence-corrected chi connectivity index (χ3v) is 7.48. The van der Waals surface area contributed by atoms with Crippen molar-refractivity contribution in [1.29, 1.82) is 0 Å². The number of thiophene rings is 1. The van der Waals surface area contributed by atoms with Crippen molar-refractivity contribution in [2.75, 3.05) is 5.32 Å². The normalized spacial score (nSPS) is 10.9. The van der Waals surface area contributed by atoms with Gasteiger partial charge in [-0.05, 0) is 42.6 Å². The van der Waals surface area contributed by atoms with Crippen LogP contribution in [0.15, 0.2) is 56.8 Å². The van der Waals surface area contributed by atoms with Gasteiger partial charge in [-0.3, -0.25) is 10.1 Å². The van der Waals surface area contributed by atoms with Gasteiger partial charge in [-0.25, -0.2) is 4.68 Å². The molecule has 0 spiro atoms. The number of benzene rings is 1. The van der Waals surface area contributed by atoms with Crippen molar-refractivity contribution < 1.29 is 4.79 Å². The Morgan fingerprint density at radius 1 is 1.25 bits per heavy atom. The van der Waals surface area contributed by atoms with E-state index in [0.717, 1.165) is 25.9 Å². The van der Waals surface area contributed by atoms with Gasteiger partial charge in [0.1, 0.15) is 0 Å². The number of halogens is 1. The molecule has 1 aromatic carbocycles. The number of hydrogen-bond donors (Lipinski definition) is 1. The minimum Gasteiger partial charge on any atom is -0.296 e. The number of amides is 1. The van der Waals surface area contributed by atoms with E-state index in [4.69, 9.17) is 0 Å². The molecule has 0 aliphatic rings. The fourth-order valence-corrected chi connectivity index (χ4v) is 5.27. The van der Waals surface area contributed by atoms with Crippen molar-refractivity contribution in [2.45, 2.75) is 17.0 Å². The smallest absolute Gasteiger partial charge is 0.260 e. The first-order valence-corrected chi connectivity index (χ1v) is 11.7. The molecule has 0 bridgehead atoms. The molecule has 0 saturated heterocycles. The minimum absolute atomic E-state index is 0.244. The quantitative estimate of drug-likeness (QED) is 0.288. The Labute approximate surface area is 182 Å². The summed E-state index contributed by atoms with van der Waals surface area (Å²) in [4.78, 5) is 13.9. The average molecular weight is 492 g/mol. The molecule has 0 aliphatic carbocycles. The summed E-state index contributed by atoms with van der Waals surface area (Å²) in [6.07, 6.45) is 1.57. The Kier molecular flexibility index (Phi) is 5.90. The first-order valence-electron chi connectivity index (χ1n) is 8.21. The molecule has 4 rings (SSSR count). The maximum Gasteiger partial charge on any atom is 0.260 e. The molecule has 0 aliphatic heterocycles. The van der Waals surface area contributed by atoms with Crippen LogP contribution in [0.1, 0.15) is 20.9 Å². The molecular weight excluding hydrogens is 478 g/mol. The second kappa shape index (κ2) is 8.56. The highest BCUT2D eigenvalue weighted by molar-refractivity contribution is 9.10. The lowest BCUT2D eigenvalue weighted by Crippen LogP contribution is -2.13. The van der Waals surface area contributed by atoms with Crippen LogP contribution in [0.2, 0.25) is 0 Å². The molecule has 142 valence electrons. The van der Waals surface area contributed by atoms with Crippen LogP contribution in [0.5, 0.6) is 0 Å². The SMILES string of the molecule is Cc1c(C(=O)Nc2nnc(SCc3cccs3)s2)cnn1-c1ccc(Br)cc1. The van der Waals surface area contributed by atoms with Gasteiger partial charge in [0.25, 0.3) is 5.91 Å². The van der Waals surface area contributed by atoms with Crippen molar-refractivity contribution in [3.8, 4) is 5.69 Å². The summed E-state index contributed by atoms with van der Waals surface area (Å²) in [6, 6.07) is 11.9. The maximum atomic E-state index is 12.6. The van der Waals surface area contributed by atoms with Crippen LogP contribution >= 0.6 is 50.4 Å². The molecule has 0 atom stereocenters. The lowest BCUT2D eigenvalue weighted by Gasteiger charge is -2.05. The van der Waals surface area contributed by atoms with E-state index in [0.29, 0.717) is 10.7 Å². The van der Waals surface area contributed by atoms with Gasteiger partial charge in [-0.15, -0.1) is 21.5 Å². The standard InChI is InChI=1S/C18H14BrN5OS3/c1-11-15(9-20-24(11)13-6-4-12(19)5-7-13)16(25)21-17-22-23-18(28-17)27-10-14-3-2-8-26-14/h2-9H,10H2,1H3,(H,21,22,25). The van der Waals surface area contributed by atoms with Gasteiger partial charge in [0.2, 0.25) is 5.13 Å². The van der Waals surface area contributed by atoms with E-state index in [1.807, 2.05) is 37.3 Å². The molecule has 0 fully saturated rings. The molecule has 28 heavy (non-hydrogen) atoms. The largest absolute Gasteiger partial charge is 0.296 e. The Morgan fingerprint density at radius 3 is 2.82 bits per heavy atom. The van der Waals surface area contributed by atoms with Gasteiger partial charge in [-0.2, -0.15) is 5.10 Å². The van der Waals surface area contributed by atoms with E-state index in [-0.39, 0.29) is 5.91 Å². The van der Waals surface area contributed by atoms with Crippen LogP contribution in [0, 0.1) is 6.92 Å². The highest BCUT2D eigenvalue weighted by Gasteiger charge is 2.17. The van der Waals surface area contributed by atoms with E-state index in [2.05, 4.69) is 48.0 Å². The van der Waals surface area contributed by atoms with E-state index in [9.17, 15) is 4.79 Å². The Morgan fingerprint density at radius 2 is 2.07 bits per heavy atom. The number of hydrogen-bond acceptors (Lipinski definition) is 7. The highest BCUT2D eigenvalue weighted by Crippen LogP contribution is 2.30. The molecule has 3 aromatic heterocycles. The molecule has 3 heterocycles. The Balaban J connectivity index is 1.43. The van der Waals surface area contributed by atoms with Gasteiger partial charge in [0.15, 0.2) is 4.34 Å². The number of carbonyl (C=O) groups excluding carboxylic acids is 1. The van der Waals surface area contributed by atoms with Crippen molar-refractivity contribution in [2.24, 2.45) is 0 Å². The number of anilines is 1. The number of aromatic nitrogens is 4. The lowest BCUT2D eigenvalue weighted by atomic mass is 10.2. The molecule has 1 amide bonds. The molecule has 0 unspecified atom stereocenters. The predicted molar refractivity (Wildman–Crippen MR) is 118 cm³/mol. The van der Waals surface area contributed by atoms with E-state index in [1.54, 1.807) is 34.0 Å². The second-order valence-corrected chi connectivity index (χ2v) is 9.88. The van der Waals surface area contributed by atoms with Crippen LogP contribution in [0.4, 0.5) is 5.13 Å². The predicted octanol–water partition coefficient (Wildman–Crippen LogP) is 5.40. The van der Waals surface area contributed by atoms with Crippen molar-refractivity contribution in [3.63, 3.8) is 0 Å². The maximum absolute atomic E-state index is 12.6. The number of rotatable bonds is 6. The number of nitrogens with one attached hydrogen (secondary N) is 1. The molecule has 4 aromatic rings. The van der Waals surface area contributed by atoms with Crippen molar-refractivity contribution in [3.05, 3.63) is 68.6 Å². The van der Waals surface area contributed by atoms with Gasteiger partial charge < -0.3 is 0 Å². The van der Waals surface area contributed by atoms with Crippen molar-refractivity contribution >= 4 is 61.4 Å². The zero-order valence-corrected chi connectivity index (χ0v) is 18.7. The fourth-order valence-electron chi connectivity index (χ4n) is 2.49. The molecule has 1 N–H and O–H groups in total. The minimum atomic E-state index is -0.244. The van der Waals surface area contributed by atoms with Crippen LogP contribution < -0.4 is 5.32 Å². The van der Waals surface area contributed by atoms with E-state index >= 15 is 0 Å². The summed E-state index contributed by atoms with van der Waals surface area (Å²) in [5.41, 5.74) is 2.16. The summed E-state index contributed by atoms with van der Waals surface area (Å²) < 4.78 is 3.55. The second-order valence-electron chi connectivity index (χ2n) is 5.73. The summed E-state index contributed by atoms with van der Waals surface area (Å²) in [7, 11) is 0. The number of nitrogens with zero attached hydrogens (tertiary/aromatic N) is 4. The van der Waals surface area contributed by atoms with Gasteiger partial charge in [0, 0.05) is 15.1 Å². The van der Waals surface area contributed by atoms with Crippen LogP contribution in [-0.2, 0) is 5.75 Å².